The van der Waals surface area contributed by atoms with Crippen molar-refractivity contribution in [1.82, 2.24) is 5.32 Å². The van der Waals surface area contributed by atoms with E-state index < -0.39 is 0 Å². The summed E-state index contributed by atoms with van der Waals surface area (Å²) in [6.45, 7) is 1.91. The quantitative estimate of drug-likeness (QED) is 0.845. The summed E-state index contributed by atoms with van der Waals surface area (Å²) in [4.78, 5) is 12.5. The second-order valence-corrected chi connectivity index (χ2v) is 4.98. The first-order valence-corrected chi connectivity index (χ1v) is 6.41. The van der Waals surface area contributed by atoms with Gasteiger partial charge in [-0.15, -0.1) is 17.8 Å². The molecule has 1 aromatic carbocycles. The summed E-state index contributed by atoms with van der Waals surface area (Å²) in [5.74, 6) is 2.00. The maximum Gasteiger partial charge on any atom is 0.262 e. The first-order chi connectivity index (χ1) is 8.63. The largest absolute Gasteiger partial charge is 0.338 e. The third kappa shape index (κ3) is 2.52. The lowest BCUT2D eigenvalue weighted by molar-refractivity contribution is 0.0949. The second kappa shape index (κ2) is 5.19. The van der Waals surface area contributed by atoms with E-state index in [1.165, 1.54) is 23.5 Å². The average Bonchev–Trinajstić information content (AvgIpc) is 2.78. The van der Waals surface area contributed by atoms with E-state index in [2.05, 4.69) is 11.2 Å². The molecule has 0 fully saturated rings. The van der Waals surface area contributed by atoms with Crippen LogP contribution in [0.25, 0.3) is 10.1 Å². The third-order valence-corrected chi connectivity index (χ3v) is 3.72. The maximum absolute atomic E-state index is 13.0. The molecule has 1 heterocycles. The van der Waals surface area contributed by atoms with Gasteiger partial charge in [-0.25, -0.2) is 4.39 Å². The van der Waals surface area contributed by atoms with Gasteiger partial charge in [-0.1, -0.05) is 18.9 Å². The van der Waals surface area contributed by atoms with E-state index in [0.717, 1.165) is 10.1 Å². The zero-order valence-electron chi connectivity index (χ0n) is 9.87. The number of carbonyl (C=O) groups excluding carboxylic acids is 1. The van der Waals surface area contributed by atoms with Crippen molar-refractivity contribution in [3.05, 3.63) is 35.0 Å². The van der Waals surface area contributed by atoms with Crippen LogP contribution in [0.2, 0.25) is 0 Å². The molecule has 0 saturated heterocycles. The van der Waals surface area contributed by atoms with Crippen LogP contribution >= 0.6 is 11.3 Å². The number of nitrogens with one attached hydrogen (secondary N) is 1. The highest BCUT2D eigenvalue weighted by atomic mass is 32.1. The van der Waals surface area contributed by atoms with Crippen LogP contribution in [0, 0.1) is 18.2 Å². The molecule has 1 aromatic heterocycles. The van der Waals surface area contributed by atoms with Crippen LogP contribution in [0.4, 0.5) is 4.39 Å². The molecule has 1 atom stereocenters. The van der Waals surface area contributed by atoms with Gasteiger partial charge in [0.15, 0.2) is 0 Å². The molecule has 2 aromatic rings. The summed E-state index contributed by atoms with van der Waals surface area (Å²) in [6, 6.07) is 5.95. The normalized spacial score (nSPS) is 12.1. The predicted octanol–water partition coefficient (Wildman–Crippen LogP) is 3.18. The van der Waals surface area contributed by atoms with Crippen molar-refractivity contribution in [2.24, 2.45) is 0 Å². The fraction of sp³-hybridized carbons (Fsp3) is 0.214. The van der Waals surface area contributed by atoms with Gasteiger partial charge in [0.1, 0.15) is 5.82 Å². The van der Waals surface area contributed by atoms with Gasteiger partial charge in [-0.3, -0.25) is 4.79 Å². The second-order valence-electron chi connectivity index (χ2n) is 3.89. The van der Waals surface area contributed by atoms with Crippen molar-refractivity contribution < 1.29 is 9.18 Å². The zero-order valence-corrected chi connectivity index (χ0v) is 10.7. The number of amides is 1. The summed E-state index contributed by atoms with van der Waals surface area (Å²) < 4.78 is 13.8. The fourth-order valence-corrected chi connectivity index (χ4v) is 2.60. The Hall–Kier alpha value is -1.86. The number of fused-ring (bicyclic) bond motifs is 1. The van der Waals surface area contributed by atoms with Gasteiger partial charge < -0.3 is 5.32 Å². The van der Waals surface area contributed by atoms with Crippen LogP contribution in [0.15, 0.2) is 24.3 Å². The number of hydrogen-bond donors (Lipinski definition) is 1. The van der Waals surface area contributed by atoms with Gasteiger partial charge in [0.25, 0.3) is 5.91 Å². The predicted molar refractivity (Wildman–Crippen MR) is 72.2 cm³/mol. The first kappa shape index (κ1) is 12.6. The summed E-state index contributed by atoms with van der Waals surface area (Å²) in [5, 5.41) is 3.61. The molecule has 0 radical (unpaired) electrons. The number of terminal acetylenes is 1. The van der Waals surface area contributed by atoms with Gasteiger partial charge in [0, 0.05) is 4.70 Å². The zero-order chi connectivity index (χ0) is 13.1. The number of halogens is 1. The van der Waals surface area contributed by atoms with Gasteiger partial charge in [0.2, 0.25) is 0 Å². The molecule has 2 nitrogen and oxygen atoms in total. The Kier molecular flexibility index (Phi) is 3.63. The van der Waals surface area contributed by atoms with Crippen molar-refractivity contribution in [3.8, 4) is 12.3 Å². The summed E-state index contributed by atoms with van der Waals surface area (Å²) in [5.41, 5.74) is 0. The van der Waals surface area contributed by atoms with Gasteiger partial charge >= 0.3 is 0 Å². The number of carbonyl (C=O) groups is 1. The molecule has 0 aliphatic rings. The summed E-state index contributed by atoms with van der Waals surface area (Å²) >= 11 is 1.26. The fourth-order valence-electron chi connectivity index (χ4n) is 1.61. The average molecular weight is 261 g/mol. The molecule has 0 bridgehead atoms. The van der Waals surface area contributed by atoms with Gasteiger partial charge in [-0.2, -0.15) is 0 Å². The topological polar surface area (TPSA) is 29.1 Å². The Morgan fingerprint density at radius 2 is 2.33 bits per heavy atom. The monoisotopic (exact) mass is 261 g/mol. The SMILES string of the molecule is C#CC(CC)NC(=O)c1cc2ccc(F)cc2s1. The van der Waals surface area contributed by atoms with Crippen molar-refractivity contribution >= 4 is 27.3 Å². The van der Waals surface area contributed by atoms with Crippen molar-refractivity contribution in [3.63, 3.8) is 0 Å². The van der Waals surface area contributed by atoms with Crippen LogP contribution in [-0.4, -0.2) is 11.9 Å². The van der Waals surface area contributed by atoms with Crippen molar-refractivity contribution in [2.45, 2.75) is 19.4 Å². The Bertz CT molecular complexity index is 626. The Morgan fingerprint density at radius 1 is 1.56 bits per heavy atom. The van der Waals surface area contributed by atoms with Crippen molar-refractivity contribution in [1.29, 1.82) is 0 Å². The molecule has 1 N–H and O–H groups in total. The minimum Gasteiger partial charge on any atom is -0.338 e. The smallest absolute Gasteiger partial charge is 0.262 e. The molecule has 0 aliphatic heterocycles. The minimum atomic E-state index is -0.300. The van der Waals surface area contributed by atoms with E-state index in [-0.39, 0.29) is 17.8 Å². The Labute approximate surface area is 109 Å². The molecule has 1 amide bonds. The van der Waals surface area contributed by atoms with Crippen LogP contribution < -0.4 is 5.32 Å². The van der Waals surface area contributed by atoms with E-state index in [9.17, 15) is 9.18 Å². The standard InChI is InChI=1S/C14H12FNOS/c1-3-11(4-2)16-14(17)13-7-9-5-6-10(15)8-12(9)18-13/h1,5-8,11H,4H2,2H3,(H,16,17). The number of hydrogen-bond acceptors (Lipinski definition) is 2. The minimum absolute atomic E-state index is 0.207. The number of benzene rings is 1. The molecule has 4 heteroatoms. The molecule has 0 spiro atoms. The molecule has 1 unspecified atom stereocenters. The molecular weight excluding hydrogens is 249 g/mol. The Morgan fingerprint density at radius 3 is 3.00 bits per heavy atom. The molecule has 2 rings (SSSR count). The summed E-state index contributed by atoms with van der Waals surface area (Å²) in [7, 11) is 0. The van der Waals surface area contributed by atoms with Crippen LogP contribution in [0.3, 0.4) is 0 Å². The lowest BCUT2D eigenvalue weighted by Gasteiger charge is -2.08. The first-order valence-electron chi connectivity index (χ1n) is 5.60. The molecule has 0 aliphatic carbocycles. The van der Waals surface area contributed by atoms with Crippen LogP contribution in [0.5, 0.6) is 0 Å². The third-order valence-electron chi connectivity index (χ3n) is 2.62. The highest BCUT2D eigenvalue weighted by molar-refractivity contribution is 7.20. The van der Waals surface area contributed by atoms with Gasteiger partial charge in [0.05, 0.1) is 10.9 Å². The van der Waals surface area contributed by atoms with Crippen molar-refractivity contribution in [2.75, 3.05) is 0 Å². The molecule has 0 saturated carbocycles. The molecular formula is C14H12FNOS. The highest BCUT2D eigenvalue weighted by Crippen LogP contribution is 2.26. The highest BCUT2D eigenvalue weighted by Gasteiger charge is 2.13. The van der Waals surface area contributed by atoms with E-state index in [0.29, 0.717) is 11.3 Å². The Balaban J connectivity index is 2.26. The number of rotatable bonds is 3. The van der Waals surface area contributed by atoms with Crippen LogP contribution in [0.1, 0.15) is 23.0 Å². The van der Waals surface area contributed by atoms with E-state index in [4.69, 9.17) is 6.42 Å². The maximum atomic E-state index is 13.0. The lowest BCUT2D eigenvalue weighted by Crippen LogP contribution is -2.32. The van der Waals surface area contributed by atoms with E-state index in [1.807, 2.05) is 6.92 Å². The molecule has 92 valence electrons. The molecule has 18 heavy (non-hydrogen) atoms. The van der Waals surface area contributed by atoms with E-state index in [1.54, 1.807) is 12.1 Å². The lowest BCUT2D eigenvalue weighted by atomic mass is 10.2. The van der Waals surface area contributed by atoms with Crippen LogP contribution in [-0.2, 0) is 0 Å². The number of thiophene rings is 1. The van der Waals surface area contributed by atoms with Gasteiger partial charge in [-0.05, 0) is 30.0 Å². The summed E-state index contributed by atoms with van der Waals surface area (Å²) in [6.07, 6.45) is 5.98. The van der Waals surface area contributed by atoms with E-state index >= 15 is 0 Å².